The minimum Gasteiger partial charge on any atom is -0.363 e. The molecular formula is C35H29Br2NO. The van der Waals surface area contributed by atoms with Gasteiger partial charge >= 0.3 is 0 Å². The zero-order chi connectivity index (χ0) is 27.4. The van der Waals surface area contributed by atoms with Crippen LogP contribution in [0, 0.1) is 5.92 Å². The number of anilines is 1. The summed E-state index contributed by atoms with van der Waals surface area (Å²) in [4.78, 5) is 17.2. The highest BCUT2D eigenvalue weighted by atomic mass is 79.9. The number of fused-ring (bicyclic) bond motifs is 1. The molecule has 0 saturated carbocycles. The van der Waals surface area contributed by atoms with Crippen LogP contribution < -0.4 is 4.90 Å². The van der Waals surface area contributed by atoms with Gasteiger partial charge in [-0.3, -0.25) is 4.79 Å². The molecule has 1 heterocycles. The van der Waals surface area contributed by atoms with Gasteiger partial charge in [0.1, 0.15) is 0 Å². The molecule has 4 aromatic rings. The highest BCUT2D eigenvalue weighted by molar-refractivity contribution is 9.10. The van der Waals surface area contributed by atoms with Gasteiger partial charge in [0.2, 0.25) is 0 Å². The first-order valence-corrected chi connectivity index (χ1v) is 14.7. The second-order valence-corrected chi connectivity index (χ2v) is 12.7. The van der Waals surface area contributed by atoms with Crippen molar-refractivity contribution in [2.45, 2.75) is 24.8 Å². The number of carbonyl (C=O) groups is 1. The lowest BCUT2D eigenvalue weighted by molar-refractivity contribution is 0.0885. The first-order chi connectivity index (χ1) is 18.7. The Balaban J connectivity index is 1.67. The van der Waals surface area contributed by atoms with Crippen LogP contribution in [-0.2, 0) is 5.41 Å². The van der Waals surface area contributed by atoms with Crippen LogP contribution in [0.1, 0.15) is 40.9 Å². The van der Waals surface area contributed by atoms with Gasteiger partial charge in [-0.2, -0.15) is 0 Å². The molecule has 6 rings (SSSR count). The molecule has 0 fully saturated rings. The number of likely N-dealkylation sites (N-methyl/N-ethyl adjacent to an activating group) is 1. The molecule has 1 spiro atoms. The Labute approximate surface area is 247 Å². The van der Waals surface area contributed by atoms with E-state index in [-0.39, 0.29) is 11.2 Å². The maximum Gasteiger partial charge on any atom is 0.173 e. The number of para-hydroxylation sites is 1. The van der Waals surface area contributed by atoms with Crippen LogP contribution in [-0.4, -0.2) is 18.4 Å². The van der Waals surface area contributed by atoms with E-state index in [4.69, 9.17) is 0 Å². The van der Waals surface area contributed by atoms with Gasteiger partial charge in [-0.15, -0.1) is 0 Å². The number of carbonyl (C=O) groups excluding carboxylic acids is 1. The fraction of sp³-hybridized carbons (Fsp3) is 0.171. The quantitative estimate of drug-likeness (QED) is 0.208. The van der Waals surface area contributed by atoms with Gasteiger partial charge in [0.05, 0.1) is 11.5 Å². The standard InChI is InChI=1S/C35H29Br2NO/c1-34(2)30-11-7-8-12-31(30)38(3)35(34)22-26(23-13-17-27(36)18-14-23)21-29(24-9-5-4-6-10-24)32(35)33(39)25-15-19-28(37)20-16-25/h4-22,32H,1-3H3/t32-,35-/m0/s1. The van der Waals surface area contributed by atoms with Crippen molar-refractivity contribution in [3.05, 3.63) is 146 Å². The van der Waals surface area contributed by atoms with Crippen LogP contribution in [0.4, 0.5) is 5.69 Å². The lowest BCUT2D eigenvalue weighted by atomic mass is 9.57. The van der Waals surface area contributed by atoms with Gasteiger partial charge in [0, 0.05) is 32.7 Å². The maximum atomic E-state index is 14.8. The Morgan fingerprint density at radius 2 is 1.33 bits per heavy atom. The summed E-state index contributed by atoms with van der Waals surface area (Å²) in [5.41, 5.74) is 6.46. The third-order valence-corrected chi connectivity index (χ3v) is 9.67. The van der Waals surface area contributed by atoms with E-state index in [1.165, 1.54) is 5.56 Å². The fourth-order valence-corrected chi connectivity index (χ4v) is 7.15. The van der Waals surface area contributed by atoms with Crippen molar-refractivity contribution in [3.8, 4) is 0 Å². The molecule has 39 heavy (non-hydrogen) atoms. The van der Waals surface area contributed by atoms with Gasteiger partial charge in [-0.05, 0) is 70.3 Å². The van der Waals surface area contributed by atoms with Crippen molar-refractivity contribution in [1.82, 2.24) is 0 Å². The normalized spacial score (nSPS) is 21.4. The van der Waals surface area contributed by atoms with Crippen molar-refractivity contribution in [2.24, 2.45) is 5.92 Å². The Morgan fingerprint density at radius 3 is 1.97 bits per heavy atom. The van der Waals surface area contributed by atoms with E-state index in [1.54, 1.807) is 0 Å². The van der Waals surface area contributed by atoms with Gasteiger partial charge in [-0.1, -0.05) is 119 Å². The summed E-state index contributed by atoms with van der Waals surface area (Å²) in [6.45, 7) is 4.58. The first kappa shape index (κ1) is 26.0. The number of benzene rings is 4. The van der Waals surface area contributed by atoms with Gasteiger partial charge in [0.15, 0.2) is 5.78 Å². The molecule has 194 valence electrons. The average Bonchev–Trinajstić information content (AvgIpc) is 3.12. The van der Waals surface area contributed by atoms with Gasteiger partial charge in [-0.25, -0.2) is 0 Å². The Kier molecular flexibility index (Phi) is 6.52. The highest BCUT2D eigenvalue weighted by Gasteiger charge is 2.62. The molecule has 0 bridgehead atoms. The van der Waals surface area contributed by atoms with Crippen molar-refractivity contribution in [3.63, 3.8) is 0 Å². The number of halogens is 2. The molecule has 0 aromatic heterocycles. The predicted molar refractivity (Wildman–Crippen MR) is 169 cm³/mol. The van der Waals surface area contributed by atoms with Gasteiger partial charge in [0.25, 0.3) is 0 Å². The SMILES string of the molecule is CN1c2ccccc2C(C)(C)[C@@]12C=C(c1ccc(Br)cc1)C=C(c1ccccc1)[C@H]2C(=O)c1ccc(Br)cc1. The van der Waals surface area contributed by atoms with Crippen molar-refractivity contribution < 1.29 is 4.79 Å². The minimum atomic E-state index is -0.650. The van der Waals surface area contributed by atoms with Crippen molar-refractivity contribution in [1.29, 1.82) is 0 Å². The van der Waals surface area contributed by atoms with Crippen LogP contribution in [0.3, 0.4) is 0 Å². The summed E-state index contributed by atoms with van der Waals surface area (Å²) < 4.78 is 2.00. The molecule has 0 N–H and O–H groups in total. The lowest BCUT2D eigenvalue weighted by Gasteiger charge is -2.52. The molecule has 0 amide bonds. The summed E-state index contributed by atoms with van der Waals surface area (Å²) in [7, 11) is 2.15. The van der Waals surface area contributed by atoms with Crippen LogP contribution in [0.25, 0.3) is 11.1 Å². The zero-order valence-corrected chi connectivity index (χ0v) is 25.3. The van der Waals surface area contributed by atoms with Crippen molar-refractivity contribution >= 4 is 54.5 Å². The molecular weight excluding hydrogens is 610 g/mol. The third-order valence-electron chi connectivity index (χ3n) is 8.61. The third kappa shape index (κ3) is 4.08. The molecule has 4 heteroatoms. The number of hydrogen-bond acceptors (Lipinski definition) is 2. The summed E-state index contributed by atoms with van der Waals surface area (Å²) in [5, 5.41) is 0. The zero-order valence-electron chi connectivity index (χ0n) is 22.2. The number of rotatable bonds is 4. The van der Waals surface area contributed by atoms with Crippen LogP contribution >= 0.6 is 31.9 Å². The molecule has 2 atom stereocenters. The van der Waals surface area contributed by atoms with E-state index in [0.29, 0.717) is 5.56 Å². The number of hydrogen-bond donors (Lipinski definition) is 0. The summed E-state index contributed by atoms with van der Waals surface area (Å²) >= 11 is 7.13. The molecule has 1 aliphatic carbocycles. The second-order valence-electron chi connectivity index (χ2n) is 10.9. The van der Waals surface area contributed by atoms with Gasteiger partial charge < -0.3 is 4.90 Å². The second kappa shape index (κ2) is 9.76. The molecule has 0 radical (unpaired) electrons. The number of ketones is 1. The number of Topliss-reactive ketones (excluding diaryl/α,β-unsaturated/α-hetero) is 1. The van der Waals surface area contributed by atoms with E-state index >= 15 is 0 Å². The fourth-order valence-electron chi connectivity index (χ4n) is 6.62. The van der Waals surface area contributed by atoms with E-state index in [9.17, 15) is 4.79 Å². The highest BCUT2D eigenvalue weighted by Crippen LogP contribution is 2.60. The molecule has 4 aromatic carbocycles. The number of allylic oxidation sites excluding steroid dienone is 2. The Bertz CT molecular complexity index is 1620. The van der Waals surface area contributed by atoms with E-state index < -0.39 is 11.5 Å². The summed E-state index contributed by atoms with van der Waals surface area (Å²) in [5.74, 6) is -0.316. The maximum absolute atomic E-state index is 14.8. The van der Waals surface area contributed by atoms with Crippen LogP contribution in [0.2, 0.25) is 0 Å². The Morgan fingerprint density at radius 1 is 0.744 bits per heavy atom. The molecule has 1 aliphatic heterocycles. The predicted octanol–water partition coefficient (Wildman–Crippen LogP) is 9.36. The summed E-state index contributed by atoms with van der Waals surface area (Å²) in [6.07, 6.45) is 4.60. The Hall–Kier alpha value is -3.21. The van der Waals surface area contributed by atoms with Crippen LogP contribution in [0.15, 0.2) is 124 Å². The molecule has 0 saturated heterocycles. The largest absolute Gasteiger partial charge is 0.363 e. The minimum absolute atomic E-state index is 0.122. The smallest absolute Gasteiger partial charge is 0.173 e. The lowest BCUT2D eigenvalue weighted by Crippen LogP contribution is -2.61. The molecule has 2 nitrogen and oxygen atoms in total. The van der Waals surface area contributed by atoms with E-state index in [0.717, 1.165) is 36.9 Å². The van der Waals surface area contributed by atoms with E-state index in [2.05, 4.69) is 143 Å². The molecule has 0 unspecified atom stereocenters. The first-order valence-electron chi connectivity index (χ1n) is 13.1. The van der Waals surface area contributed by atoms with E-state index in [1.807, 2.05) is 30.3 Å². The molecule has 2 aliphatic rings. The monoisotopic (exact) mass is 637 g/mol. The topological polar surface area (TPSA) is 20.3 Å². The number of nitrogens with zero attached hydrogens (tertiary/aromatic N) is 1. The van der Waals surface area contributed by atoms with Crippen LogP contribution in [0.5, 0.6) is 0 Å². The van der Waals surface area contributed by atoms with Crippen molar-refractivity contribution in [2.75, 3.05) is 11.9 Å². The summed E-state index contributed by atoms with van der Waals surface area (Å²) in [6, 6.07) is 35.2. The average molecular weight is 639 g/mol.